The Labute approximate surface area is 155 Å². The van der Waals surface area contributed by atoms with E-state index in [1.54, 1.807) is 0 Å². The van der Waals surface area contributed by atoms with E-state index in [-0.39, 0.29) is 30.4 Å². The number of urea groups is 1. The minimum absolute atomic E-state index is 0. The molecule has 1 saturated carbocycles. The second kappa shape index (κ2) is 10.3. The van der Waals surface area contributed by atoms with E-state index in [1.165, 1.54) is 0 Å². The highest BCUT2D eigenvalue weighted by Crippen LogP contribution is 2.29. The Hall–Kier alpha value is -1.79. The van der Waals surface area contributed by atoms with Crippen LogP contribution in [0.5, 0.6) is 0 Å². The van der Waals surface area contributed by atoms with E-state index in [0.717, 1.165) is 18.4 Å². The van der Waals surface area contributed by atoms with Crippen LogP contribution >= 0.6 is 12.4 Å². The van der Waals surface area contributed by atoms with Crippen molar-refractivity contribution in [2.75, 3.05) is 13.6 Å². The third kappa shape index (κ3) is 6.21. The molecule has 6 nitrogen and oxygen atoms in total. The van der Waals surface area contributed by atoms with Crippen LogP contribution in [0.15, 0.2) is 30.3 Å². The van der Waals surface area contributed by atoms with Gasteiger partial charge in [0.25, 0.3) is 0 Å². The predicted molar refractivity (Wildman–Crippen MR) is 102 cm³/mol. The molecule has 0 heterocycles. The number of carbonyl (C=O) groups is 2. The molecule has 0 saturated heterocycles. The van der Waals surface area contributed by atoms with Crippen molar-refractivity contribution >= 4 is 24.3 Å². The zero-order valence-electron chi connectivity index (χ0n) is 14.9. The van der Waals surface area contributed by atoms with Crippen molar-refractivity contribution in [1.29, 1.82) is 0 Å². The Bertz CT molecular complexity index is 547. The smallest absolute Gasteiger partial charge is 0.315 e. The van der Waals surface area contributed by atoms with Crippen LogP contribution in [0.25, 0.3) is 0 Å². The zero-order chi connectivity index (χ0) is 17.4. The number of carbonyl (C=O) groups excluding carboxylic acids is 2. The molecule has 1 fully saturated rings. The number of rotatable bonds is 7. The predicted octanol–water partition coefficient (Wildman–Crippen LogP) is 1.94. The van der Waals surface area contributed by atoms with Gasteiger partial charge in [0.2, 0.25) is 5.91 Å². The van der Waals surface area contributed by atoms with Crippen LogP contribution in [-0.2, 0) is 11.3 Å². The summed E-state index contributed by atoms with van der Waals surface area (Å²) >= 11 is 0. The molecule has 1 aliphatic rings. The molecule has 140 valence electrons. The van der Waals surface area contributed by atoms with E-state index < -0.39 is 5.54 Å². The third-order valence-corrected chi connectivity index (χ3v) is 4.60. The standard InChI is InChI=1S/C18H28N4O2.ClH/c1-14(19-2)12-20-16(23)18(10-6-7-11-18)22-17(24)21-13-15-8-4-3-5-9-15;/h3-5,8-9,14,19H,6-7,10-13H2,1-2H3,(H,20,23)(H2,21,22,24);1H. The van der Waals surface area contributed by atoms with E-state index in [9.17, 15) is 9.59 Å². The molecular formula is C18H29ClN4O2. The Morgan fingerprint density at radius 3 is 2.36 bits per heavy atom. The molecule has 0 bridgehead atoms. The molecule has 1 aliphatic carbocycles. The van der Waals surface area contributed by atoms with Crippen molar-refractivity contribution < 1.29 is 9.59 Å². The van der Waals surface area contributed by atoms with Crippen molar-refractivity contribution in [3.63, 3.8) is 0 Å². The summed E-state index contributed by atoms with van der Waals surface area (Å²) in [5, 5.41) is 11.8. The lowest BCUT2D eigenvalue weighted by Crippen LogP contribution is -2.60. The van der Waals surface area contributed by atoms with Crippen molar-refractivity contribution in [1.82, 2.24) is 21.3 Å². The number of halogens is 1. The van der Waals surface area contributed by atoms with Crippen molar-refractivity contribution in [3.8, 4) is 0 Å². The van der Waals surface area contributed by atoms with Crippen LogP contribution in [0.2, 0.25) is 0 Å². The molecule has 0 spiro atoms. The van der Waals surface area contributed by atoms with Gasteiger partial charge in [0, 0.05) is 19.1 Å². The fourth-order valence-corrected chi connectivity index (χ4v) is 2.94. The third-order valence-electron chi connectivity index (χ3n) is 4.60. The molecule has 0 aromatic heterocycles. The summed E-state index contributed by atoms with van der Waals surface area (Å²) in [6.07, 6.45) is 3.28. The summed E-state index contributed by atoms with van der Waals surface area (Å²) in [6.45, 7) is 2.99. The van der Waals surface area contributed by atoms with E-state index in [2.05, 4.69) is 21.3 Å². The molecule has 3 amide bonds. The first-order chi connectivity index (χ1) is 11.6. The largest absolute Gasteiger partial charge is 0.353 e. The van der Waals surface area contributed by atoms with Crippen LogP contribution < -0.4 is 21.3 Å². The number of hydrogen-bond acceptors (Lipinski definition) is 3. The van der Waals surface area contributed by atoms with Gasteiger partial charge in [-0.2, -0.15) is 0 Å². The van der Waals surface area contributed by atoms with Gasteiger partial charge in [0.15, 0.2) is 0 Å². The maximum absolute atomic E-state index is 12.6. The van der Waals surface area contributed by atoms with Crippen LogP contribution in [-0.4, -0.2) is 37.1 Å². The van der Waals surface area contributed by atoms with Crippen LogP contribution in [0.3, 0.4) is 0 Å². The molecule has 25 heavy (non-hydrogen) atoms. The lowest BCUT2D eigenvalue weighted by Gasteiger charge is -2.29. The maximum Gasteiger partial charge on any atom is 0.315 e. The molecule has 1 unspecified atom stereocenters. The average Bonchev–Trinajstić information content (AvgIpc) is 3.08. The van der Waals surface area contributed by atoms with Gasteiger partial charge in [-0.25, -0.2) is 4.79 Å². The van der Waals surface area contributed by atoms with Gasteiger partial charge in [0.1, 0.15) is 5.54 Å². The average molecular weight is 369 g/mol. The Balaban J connectivity index is 0.00000312. The highest BCUT2D eigenvalue weighted by atomic mass is 35.5. The first-order valence-electron chi connectivity index (χ1n) is 8.61. The molecule has 1 atom stereocenters. The van der Waals surface area contributed by atoms with E-state index >= 15 is 0 Å². The van der Waals surface area contributed by atoms with Gasteiger partial charge in [-0.05, 0) is 32.4 Å². The normalized spacial score (nSPS) is 16.4. The molecule has 1 aromatic rings. The van der Waals surface area contributed by atoms with Gasteiger partial charge >= 0.3 is 6.03 Å². The summed E-state index contributed by atoms with van der Waals surface area (Å²) in [4.78, 5) is 24.9. The lowest BCUT2D eigenvalue weighted by atomic mass is 9.96. The fourth-order valence-electron chi connectivity index (χ4n) is 2.94. The number of amides is 3. The number of benzene rings is 1. The Morgan fingerprint density at radius 1 is 1.12 bits per heavy atom. The van der Waals surface area contributed by atoms with Gasteiger partial charge in [0.05, 0.1) is 0 Å². The highest BCUT2D eigenvalue weighted by molar-refractivity contribution is 5.91. The number of nitrogens with one attached hydrogen (secondary N) is 4. The molecular weight excluding hydrogens is 340 g/mol. The van der Waals surface area contributed by atoms with Crippen molar-refractivity contribution in [2.24, 2.45) is 0 Å². The first kappa shape index (κ1) is 21.3. The summed E-state index contributed by atoms with van der Waals surface area (Å²) < 4.78 is 0. The quantitative estimate of drug-likeness (QED) is 0.593. The van der Waals surface area contributed by atoms with Crippen LogP contribution in [0, 0.1) is 0 Å². The van der Waals surface area contributed by atoms with Crippen molar-refractivity contribution in [3.05, 3.63) is 35.9 Å². The highest BCUT2D eigenvalue weighted by Gasteiger charge is 2.42. The number of likely N-dealkylation sites (N-methyl/N-ethyl adjacent to an activating group) is 1. The second-order valence-electron chi connectivity index (χ2n) is 6.48. The lowest BCUT2D eigenvalue weighted by molar-refractivity contribution is -0.127. The summed E-state index contributed by atoms with van der Waals surface area (Å²) in [6, 6.07) is 9.62. The molecule has 0 aliphatic heterocycles. The molecule has 1 aromatic carbocycles. The van der Waals surface area contributed by atoms with E-state index in [0.29, 0.717) is 25.9 Å². The van der Waals surface area contributed by atoms with Crippen molar-refractivity contribution in [2.45, 2.75) is 50.7 Å². The molecule has 0 radical (unpaired) electrons. The fraction of sp³-hybridized carbons (Fsp3) is 0.556. The van der Waals surface area contributed by atoms with E-state index in [4.69, 9.17) is 0 Å². The summed E-state index contributed by atoms with van der Waals surface area (Å²) in [7, 11) is 1.86. The first-order valence-corrected chi connectivity index (χ1v) is 8.61. The summed E-state index contributed by atoms with van der Waals surface area (Å²) in [5.41, 5.74) is 0.245. The minimum atomic E-state index is -0.783. The van der Waals surface area contributed by atoms with Gasteiger partial charge in [-0.3, -0.25) is 4.79 Å². The molecule has 2 rings (SSSR count). The topological polar surface area (TPSA) is 82.3 Å². The Kier molecular flexibility index (Phi) is 8.72. The van der Waals surface area contributed by atoms with E-state index in [1.807, 2.05) is 44.3 Å². The monoisotopic (exact) mass is 368 g/mol. The Morgan fingerprint density at radius 2 is 1.76 bits per heavy atom. The van der Waals surface area contributed by atoms with Crippen LogP contribution in [0.1, 0.15) is 38.2 Å². The SMILES string of the molecule is CNC(C)CNC(=O)C1(NC(=O)NCc2ccccc2)CCCC1.Cl. The number of hydrogen-bond donors (Lipinski definition) is 4. The zero-order valence-corrected chi connectivity index (χ0v) is 15.7. The molecule has 7 heteroatoms. The van der Waals surface area contributed by atoms with Gasteiger partial charge in [-0.1, -0.05) is 43.2 Å². The second-order valence-corrected chi connectivity index (χ2v) is 6.48. The van der Waals surface area contributed by atoms with Gasteiger partial charge in [-0.15, -0.1) is 12.4 Å². The van der Waals surface area contributed by atoms with Crippen LogP contribution in [0.4, 0.5) is 4.79 Å². The summed E-state index contributed by atoms with van der Waals surface area (Å²) in [5.74, 6) is -0.0861. The van der Waals surface area contributed by atoms with Gasteiger partial charge < -0.3 is 21.3 Å². The minimum Gasteiger partial charge on any atom is -0.353 e. The maximum atomic E-state index is 12.6. The molecule has 4 N–H and O–H groups in total.